The summed E-state index contributed by atoms with van der Waals surface area (Å²) < 4.78 is 5.32. The third-order valence-corrected chi connectivity index (χ3v) is 2.90. The van der Waals surface area contributed by atoms with Crippen LogP contribution in [-0.4, -0.2) is 24.5 Å². The maximum absolute atomic E-state index is 11.6. The van der Waals surface area contributed by atoms with E-state index in [9.17, 15) is 9.59 Å². The van der Waals surface area contributed by atoms with Crippen molar-refractivity contribution < 1.29 is 14.3 Å². The molecule has 5 nitrogen and oxygen atoms in total. The smallest absolute Gasteiger partial charge is 0.258 e. The second-order valence-corrected chi connectivity index (χ2v) is 4.78. The van der Waals surface area contributed by atoms with Gasteiger partial charge in [-0.2, -0.15) is 0 Å². The van der Waals surface area contributed by atoms with E-state index < -0.39 is 5.91 Å². The molecule has 1 aromatic rings. The van der Waals surface area contributed by atoms with E-state index in [1.807, 2.05) is 20.8 Å². The molecule has 0 aliphatic carbocycles. The first kappa shape index (κ1) is 15.0. The quantitative estimate of drug-likeness (QED) is 0.813. The van der Waals surface area contributed by atoms with Gasteiger partial charge in [0.1, 0.15) is 5.75 Å². The summed E-state index contributed by atoms with van der Waals surface area (Å²) in [6.45, 7) is 5.97. The molecule has 1 aromatic carbocycles. The Morgan fingerprint density at radius 3 is 2.26 bits per heavy atom. The molecule has 1 rings (SSSR count). The fourth-order valence-electron chi connectivity index (χ4n) is 1.33. The highest BCUT2D eigenvalue weighted by Crippen LogP contribution is 2.11. The highest BCUT2D eigenvalue weighted by molar-refractivity contribution is 5.92. The van der Waals surface area contributed by atoms with E-state index in [1.54, 1.807) is 24.3 Å². The van der Waals surface area contributed by atoms with Crippen LogP contribution in [0.2, 0.25) is 0 Å². The molecule has 0 aliphatic heterocycles. The number of carbonyl (C=O) groups excluding carboxylic acids is 2. The molecular weight excluding hydrogens is 244 g/mol. The fourth-order valence-corrected chi connectivity index (χ4v) is 1.33. The monoisotopic (exact) mass is 264 g/mol. The van der Waals surface area contributed by atoms with Crippen LogP contribution in [0.15, 0.2) is 24.3 Å². The molecule has 0 aliphatic rings. The Morgan fingerprint density at radius 1 is 1.21 bits per heavy atom. The molecule has 0 bridgehead atoms. The topological polar surface area (TPSA) is 81.4 Å². The van der Waals surface area contributed by atoms with Crippen molar-refractivity contribution in [2.75, 3.05) is 6.61 Å². The minimum atomic E-state index is -0.491. The minimum absolute atomic E-state index is 0.0486. The number of hydrogen-bond donors (Lipinski definition) is 2. The van der Waals surface area contributed by atoms with Gasteiger partial charge in [-0.15, -0.1) is 0 Å². The molecule has 5 heteroatoms. The molecule has 3 N–H and O–H groups in total. The molecule has 0 aromatic heterocycles. The molecule has 19 heavy (non-hydrogen) atoms. The van der Waals surface area contributed by atoms with Crippen molar-refractivity contribution in [3.05, 3.63) is 29.8 Å². The largest absolute Gasteiger partial charge is 0.484 e. The molecule has 0 spiro atoms. The average Bonchev–Trinajstić information content (AvgIpc) is 2.36. The summed E-state index contributed by atoms with van der Waals surface area (Å²) in [5, 5.41) is 2.84. The van der Waals surface area contributed by atoms with E-state index >= 15 is 0 Å². The van der Waals surface area contributed by atoms with E-state index in [-0.39, 0.29) is 18.6 Å². The third-order valence-electron chi connectivity index (χ3n) is 2.90. The molecule has 0 unspecified atom stereocenters. The Balaban J connectivity index is 2.44. The molecule has 104 valence electrons. The van der Waals surface area contributed by atoms with Crippen LogP contribution in [0.4, 0.5) is 0 Å². The lowest BCUT2D eigenvalue weighted by atomic mass is 10.1. The summed E-state index contributed by atoms with van der Waals surface area (Å²) in [7, 11) is 0. The number of amides is 2. The van der Waals surface area contributed by atoms with Gasteiger partial charge in [0.2, 0.25) is 5.91 Å². The summed E-state index contributed by atoms with van der Waals surface area (Å²) in [4.78, 5) is 22.5. The van der Waals surface area contributed by atoms with E-state index in [0.29, 0.717) is 17.2 Å². The highest BCUT2D eigenvalue weighted by atomic mass is 16.5. The van der Waals surface area contributed by atoms with E-state index in [0.717, 1.165) is 0 Å². The Morgan fingerprint density at radius 2 is 1.79 bits per heavy atom. The Bertz CT molecular complexity index is 441. The zero-order chi connectivity index (χ0) is 14.4. The lowest BCUT2D eigenvalue weighted by Crippen LogP contribution is -2.38. The molecule has 0 heterocycles. The number of benzene rings is 1. The van der Waals surface area contributed by atoms with Crippen molar-refractivity contribution in [1.82, 2.24) is 5.32 Å². The predicted octanol–water partition coefficient (Wildman–Crippen LogP) is 1.32. The summed E-state index contributed by atoms with van der Waals surface area (Å²) in [5.74, 6) is 0.242. The molecule has 1 atom stereocenters. The van der Waals surface area contributed by atoms with Crippen molar-refractivity contribution in [2.24, 2.45) is 11.7 Å². The number of nitrogens with two attached hydrogens (primary N) is 1. The van der Waals surface area contributed by atoms with Crippen LogP contribution in [0, 0.1) is 5.92 Å². The summed E-state index contributed by atoms with van der Waals surface area (Å²) >= 11 is 0. The van der Waals surface area contributed by atoms with Gasteiger partial charge in [-0.1, -0.05) is 13.8 Å². The van der Waals surface area contributed by atoms with Gasteiger partial charge in [0, 0.05) is 11.6 Å². The van der Waals surface area contributed by atoms with Crippen LogP contribution >= 0.6 is 0 Å². The van der Waals surface area contributed by atoms with Gasteiger partial charge >= 0.3 is 0 Å². The number of rotatable bonds is 6. The molecule has 0 radical (unpaired) electrons. The summed E-state index contributed by atoms with van der Waals surface area (Å²) in [6.07, 6.45) is 0. The normalized spacial score (nSPS) is 12.0. The molecular formula is C14H20N2O3. The van der Waals surface area contributed by atoms with Crippen molar-refractivity contribution >= 4 is 11.8 Å². The Kier molecular flexibility index (Phi) is 5.36. The number of nitrogens with one attached hydrogen (secondary N) is 1. The standard InChI is InChI=1S/C14H20N2O3/c1-9(2)10(3)16-13(17)8-19-12-6-4-11(5-7-12)14(15)18/h4-7,9-10H,8H2,1-3H3,(H2,15,18)(H,16,17)/t10-/m1/s1. The van der Waals surface area contributed by atoms with E-state index in [4.69, 9.17) is 10.5 Å². The number of hydrogen-bond acceptors (Lipinski definition) is 3. The van der Waals surface area contributed by atoms with Crippen molar-refractivity contribution in [3.63, 3.8) is 0 Å². The lowest BCUT2D eigenvalue weighted by molar-refractivity contribution is -0.124. The van der Waals surface area contributed by atoms with Gasteiger partial charge in [0.25, 0.3) is 5.91 Å². The SMILES string of the molecule is CC(C)[C@@H](C)NC(=O)COc1ccc(C(N)=O)cc1. The molecule has 0 saturated carbocycles. The second kappa shape index (κ2) is 6.78. The van der Waals surface area contributed by atoms with Crippen LogP contribution in [0.1, 0.15) is 31.1 Å². The lowest BCUT2D eigenvalue weighted by Gasteiger charge is -2.17. The fraction of sp³-hybridized carbons (Fsp3) is 0.429. The zero-order valence-corrected chi connectivity index (χ0v) is 11.5. The number of primary amides is 1. The number of carbonyl (C=O) groups is 2. The summed E-state index contributed by atoms with van der Waals surface area (Å²) in [6, 6.07) is 6.45. The first-order chi connectivity index (χ1) is 8.90. The van der Waals surface area contributed by atoms with Crippen LogP contribution in [0.25, 0.3) is 0 Å². The second-order valence-electron chi connectivity index (χ2n) is 4.78. The van der Waals surface area contributed by atoms with Crippen LogP contribution in [0.5, 0.6) is 5.75 Å². The predicted molar refractivity (Wildman–Crippen MR) is 72.9 cm³/mol. The van der Waals surface area contributed by atoms with Crippen molar-refractivity contribution in [3.8, 4) is 5.75 Å². The average molecular weight is 264 g/mol. The number of ether oxygens (including phenoxy) is 1. The van der Waals surface area contributed by atoms with E-state index in [1.165, 1.54) is 0 Å². The molecule has 0 fully saturated rings. The van der Waals surface area contributed by atoms with Crippen LogP contribution in [0.3, 0.4) is 0 Å². The van der Waals surface area contributed by atoms with Gasteiger partial charge < -0.3 is 15.8 Å². The van der Waals surface area contributed by atoms with Gasteiger partial charge in [0.05, 0.1) is 0 Å². The molecule has 0 saturated heterocycles. The third kappa shape index (κ3) is 4.99. The maximum atomic E-state index is 11.6. The van der Waals surface area contributed by atoms with Crippen molar-refractivity contribution in [1.29, 1.82) is 0 Å². The van der Waals surface area contributed by atoms with Gasteiger partial charge in [-0.25, -0.2) is 0 Å². The molecule has 2 amide bonds. The Labute approximate surface area is 113 Å². The first-order valence-corrected chi connectivity index (χ1v) is 6.22. The highest BCUT2D eigenvalue weighted by Gasteiger charge is 2.11. The summed E-state index contributed by atoms with van der Waals surface area (Å²) in [5.41, 5.74) is 5.53. The van der Waals surface area contributed by atoms with Gasteiger partial charge in [0.15, 0.2) is 6.61 Å². The van der Waals surface area contributed by atoms with Gasteiger partial charge in [-0.3, -0.25) is 9.59 Å². The van der Waals surface area contributed by atoms with E-state index in [2.05, 4.69) is 5.32 Å². The van der Waals surface area contributed by atoms with Gasteiger partial charge in [-0.05, 0) is 37.1 Å². The minimum Gasteiger partial charge on any atom is -0.484 e. The maximum Gasteiger partial charge on any atom is 0.258 e. The Hall–Kier alpha value is -2.04. The van der Waals surface area contributed by atoms with Crippen LogP contribution in [-0.2, 0) is 4.79 Å². The first-order valence-electron chi connectivity index (χ1n) is 6.22. The zero-order valence-electron chi connectivity index (χ0n) is 11.5. The van der Waals surface area contributed by atoms with Crippen LogP contribution < -0.4 is 15.8 Å². The van der Waals surface area contributed by atoms with Crippen molar-refractivity contribution in [2.45, 2.75) is 26.8 Å².